The number of rotatable bonds is 5. The summed E-state index contributed by atoms with van der Waals surface area (Å²) in [6.07, 6.45) is 0. The number of fused-ring (bicyclic) bond motifs is 1. The monoisotopic (exact) mass is 394 g/mol. The smallest absolute Gasteiger partial charge is 0.328 e. The Labute approximate surface area is 158 Å². The number of aliphatic carboxylic acids is 1. The van der Waals surface area contributed by atoms with Gasteiger partial charge in [0.05, 0.1) is 32.2 Å². The Morgan fingerprint density at radius 1 is 1.30 bits per heavy atom. The Hall–Kier alpha value is -2.46. The molecular formula is C17H18N2O7S. The van der Waals surface area contributed by atoms with E-state index in [1.54, 1.807) is 18.2 Å². The molecule has 3 aliphatic rings. The number of nitrogens with zero attached hydrogens (tertiary/aromatic N) is 1. The number of hydrogen-bond donors (Lipinski definition) is 2. The van der Waals surface area contributed by atoms with E-state index in [-0.39, 0.29) is 18.8 Å². The van der Waals surface area contributed by atoms with Crippen molar-refractivity contribution in [1.29, 1.82) is 0 Å². The predicted octanol–water partition coefficient (Wildman–Crippen LogP) is -0.0605. The zero-order valence-electron chi connectivity index (χ0n) is 14.6. The minimum atomic E-state index is -1.06. The van der Waals surface area contributed by atoms with Crippen LogP contribution in [0.4, 0.5) is 0 Å². The molecule has 4 rings (SSSR count). The van der Waals surface area contributed by atoms with E-state index in [1.807, 2.05) is 0 Å². The largest absolute Gasteiger partial charge is 0.496 e. The highest BCUT2D eigenvalue weighted by atomic mass is 32.2. The first kappa shape index (κ1) is 17.9. The standard InChI is InChI=1S/C17H18N2O7S/c1-24-8-4-3-5-9(25-2)10(8)13(20)18-11-14(21)19-12(16(22)23)17(6-26-7-17)27-15(11)19/h3-5,11-12,15H,6-7H2,1-2H3,(H,18,20)(H,22,23)/t11?,12?,15-/m0/s1. The van der Waals surface area contributed by atoms with E-state index in [2.05, 4.69) is 5.32 Å². The van der Waals surface area contributed by atoms with Crippen molar-refractivity contribution in [3.05, 3.63) is 23.8 Å². The van der Waals surface area contributed by atoms with Crippen molar-refractivity contribution >= 4 is 29.5 Å². The lowest BCUT2D eigenvalue weighted by Crippen LogP contribution is -2.71. The highest BCUT2D eigenvalue weighted by Crippen LogP contribution is 2.54. The summed E-state index contributed by atoms with van der Waals surface area (Å²) in [6, 6.07) is 3.19. The summed E-state index contributed by atoms with van der Waals surface area (Å²) in [4.78, 5) is 38.4. The minimum absolute atomic E-state index is 0.188. The van der Waals surface area contributed by atoms with Crippen LogP contribution in [0, 0.1) is 0 Å². The van der Waals surface area contributed by atoms with Crippen LogP contribution < -0.4 is 14.8 Å². The first-order chi connectivity index (χ1) is 12.9. The molecule has 0 aromatic heterocycles. The summed E-state index contributed by atoms with van der Waals surface area (Å²) in [5.74, 6) is -1.34. The lowest BCUT2D eigenvalue weighted by atomic mass is 9.91. The number of β-lactam (4-membered cyclic amide) rings is 1. The molecule has 1 aromatic rings. The third kappa shape index (κ3) is 2.47. The molecule has 1 aromatic carbocycles. The van der Waals surface area contributed by atoms with Crippen molar-refractivity contribution in [2.45, 2.75) is 22.2 Å². The van der Waals surface area contributed by atoms with Gasteiger partial charge in [0.25, 0.3) is 5.91 Å². The molecule has 3 atom stereocenters. The molecule has 9 nitrogen and oxygen atoms in total. The third-order valence-corrected chi connectivity index (χ3v) is 6.75. The number of carbonyl (C=O) groups excluding carboxylic acids is 2. The average molecular weight is 394 g/mol. The van der Waals surface area contributed by atoms with Crippen LogP contribution in [0.5, 0.6) is 11.5 Å². The van der Waals surface area contributed by atoms with Crippen LogP contribution in [0.1, 0.15) is 10.4 Å². The number of hydrogen-bond acceptors (Lipinski definition) is 7. The summed E-state index contributed by atoms with van der Waals surface area (Å²) in [6.45, 7) is 0.547. The zero-order valence-corrected chi connectivity index (χ0v) is 15.4. The SMILES string of the molecule is COc1cccc(OC)c1C(=O)NC1C(=O)N2C(C(=O)O)C3(COC3)S[C@@H]12. The van der Waals surface area contributed by atoms with Crippen LogP contribution in [0.2, 0.25) is 0 Å². The number of amides is 2. The zero-order chi connectivity index (χ0) is 19.3. The van der Waals surface area contributed by atoms with Crippen LogP contribution in [0.25, 0.3) is 0 Å². The van der Waals surface area contributed by atoms with Gasteiger partial charge in [-0.2, -0.15) is 0 Å². The van der Waals surface area contributed by atoms with Crippen molar-refractivity contribution in [1.82, 2.24) is 10.2 Å². The van der Waals surface area contributed by atoms with Gasteiger partial charge in [0.15, 0.2) is 0 Å². The number of thioether (sulfide) groups is 1. The minimum Gasteiger partial charge on any atom is -0.496 e. The molecule has 0 radical (unpaired) electrons. The Morgan fingerprint density at radius 2 is 1.93 bits per heavy atom. The summed E-state index contributed by atoms with van der Waals surface area (Å²) >= 11 is 1.38. The van der Waals surface area contributed by atoms with E-state index in [9.17, 15) is 19.5 Å². The van der Waals surface area contributed by atoms with E-state index in [0.29, 0.717) is 11.5 Å². The van der Waals surface area contributed by atoms with Gasteiger partial charge in [-0.05, 0) is 12.1 Å². The van der Waals surface area contributed by atoms with Gasteiger partial charge in [-0.1, -0.05) is 6.07 Å². The molecule has 3 saturated heterocycles. The third-order valence-electron chi connectivity index (χ3n) is 5.08. The normalized spacial score (nSPS) is 27.4. The fourth-order valence-corrected chi connectivity index (χ4v) is 5.53. The van der Waals surface area contributed by atoms with Gasteiger partial charge in [-0.3, -0.25) is 9.59 Å². The second-order valence-corrected chi connectivity index (χ2v) is 8.07. The highest BCUT2D eigenvalue weighted by Gasteiger charge is 2.69. The fraction of sp³-hybridized carbons (Fsp3) is 0.471. The Kier molecular flexibility index (Phi) is 4.19. The quantitative estimate of drug-likeness (QED) is 0.668. The average Bonchev–Trinajstić information content (AvgIpc) is 2.98. The van der Waals surface area contributed by atoms with E-state index in [0.717, 1.165) is 0 Å². The summed E-state index contributed by atoms with van der Waals surface area (Å²) < 4.78 is 15.0. The number of carboxylic acid groups (broad SMARTS) is 1. The van der Waals surface area contributed by atoms with Gasteiger partial charge in [0.2, 0.25) is 5.91 Å². The van der Waals surface area contributed by atoms with Crippen molar-refractivity contribution < 1.29 is 33.7 Å². The van der Waals surface area contributed by atoms with Crippen molar-refractivity contribution in [2.24, 2.45) is 0 Å². The highest BCUT2D eigenvalue weighted by molar-refractivity contribution is 8.01. The maximum atomic E-state index is 12.8. The van der Waals surface area contributed by atoms with Crippen LogP contribution >= 0.6 is 11.8 Å². The first-order valence-electron chi connectivity index (χ1n) is 8.26. The Morgan fingerprint density at radius 3 is 2.41 bits per heavy atom. The van der Waals surface area contributed by atoms with Gasteiger partial charge in [0, 0.05) is 0 Å². The van der Waals surface area contributed by atoms with Crippen LogP contribution in [-0.4, -0.2) is 77.4 Å². The summed E-state index contributed by atoms with van der Waals surface area (Å²) in [5, 5.41) is 11.8. The molecule has 1 spiro atoms. The predicted molar refractivity (Wildman–Crippen MR) is 94.0 cm³/mol. The molecule has 2 N–H and O–H groups in total. The number of nitrogens with one attached hydrogen (secondary N) is 1. The molecule has 10 heteroatoms. The Bertz CT molecular complexity index is 803. The number of carbonyl (C=O) groups is 3. The molecule has 144 valence electrons. The topological polar surface area (TPSA) is 114 Å². The van der Waals surface area contributed by atoms with Crippen LogP contribution in [0.3, 0.4) is 0 Å². The van der Waals surface area contributed by atoms with Crippen molar-refractivity contribution in [3.63, 3.8) is 0 Å². The lowest BCUT2D eigenvalue weighted by molar-refractivity contribution is -0.165. The summed E-state index contributed by atoms with van der Waals surface area (Å²) in [7, 11) is 2.87. The molecule has 0 saturated carbocycles. The molecule has 3 heterocycles. The van der Waals surface area contributed by atoms with Gasteiger partial charge >= 0.3 is 5.97 Å². The molecular weight excluding hydrogens is 376 g/mol. The number of methoxy groups -OCH3 is 2. The second-order valence-electron chi connectivity index (χ2n) is 6.54. The maximum Gasteiger partial charge on any atom is 0.328 e. The van der Waals surface area contributed by atoms with Gasteiger partial charge in [-0.15, -0.1) is 11.8 Å². The molecule has 3 fully saturated rings. The molecule has 3 aliphatic heterocycles. The number of carboxylic acids is 1. The Balaban J connectivity index is 1.56. The van der Waals surface area contributed by atoms with Crippen molar-refractivity contribution in [3.8, 4) is 11.5 Å². The molecule has 0 bridgehead atoms. The van der Waals surface area contributed by atoms with E-state index >= 15 is 0 Å². The summed E-state index contributed by atoms with van der Waals surface area (Å²) in [5.41, 5.74) is 0.188. The lowest BCUT2D eigenvalue weighted by Gasteiger charge is -2.44. The van der Waals surface area contributed by atoms with E-state index in [4.69, 9.17) is 14.2 Å². The molecule has 2 amide bonds. The van der Waals surface area contributed by atoms with Gasteiger partial charge < -0.3 is 29.5 Å². The fourth-order valence-electron chi connectivity index (χ4n) is 3.74. The van der Waals surface area contributed by atoms with Gasteiger partial charge in [-0.25, -0.2) is 4.79 Å². The van der Waals surface area contributed by atoms with E-state index < -0.39 is 40.0 Å². The van der Waals surface area contributed by atoms with Crippen molar-refractivity contribution in [2.75, 3.05) is 27.4 Å². The first-order valence-corrected chi connectivity index (χ1v) is 9.14. The second kappa shape index (κ2) is 6.31. The molecule has 2 unspecified atom stereocenters. The molecule has 0 aliphatic carbocycles. The number of benzene rings is 1. The molecule has 27 heavy (non-hydrogen) atoms. The van der Waals surface area contributed by atoms with Gasteiger partial charge in [0.1, 0.15) is 34.5 Å². The van der Waals surface area contributed by atoms with Crippen LogP contribution in [-0.2, 0) is 14.3 Å². The maximum absolute atomic E-state index is 12.8. The van der Waals surface area contributed by atoms with Crippen LogP contribution in [0.15, 0.2) is 18.2 Å². The number of ether oxygens (including phenoxy) is 3. The van der Waals surface area contributed by atoms with E-state index in [1.165, 1.54) is 30.9 Å².